The van der Waals surface area contributed by atoms with E-state index in [0.717, 1.165) is 45.4 Å². The molecule has 112 valence electrons. The normalized spacial score (nSPS) is 28.2. The Bertz CT molecular complexity index is 426. The molecule has 0 N–H and O–H groups in total. The van der Waals surface area contributed by atoms with Crippen LogP contribution in [-0.2, 0) is 9.59 Å². The van der Waals surface area contributed by atoms with E-state index in [9.17, 15) is 9.59 Å². The lowest BCUT2D eigenvalue weighted by Crippen LogP contribution is -2.47. The summed E-state index contributed by atoms with van der Waals surface area (Å²) in [6.45, 7) is 9.52. The first-order valence-corrected chi connectivity index (χ1v) is 7.92. The maximum atomic E-state index is 12.3. The Hall–Kier alpha value is -1.06. The average Bonchev–Trinajstić information content (AvgIpc) is 3.00. The maximum Gasteiger partial charge on any atom is 0.227 e. The van der Waals surface area contributed by atoms with Gasteiger partial charge in [-0.15, -0.1) is 0 Å². The number of carbonyl (C=O) groups excluding carboxylic acids is 2. The molecule has 1 unspecified atom stereocenters. The standard InChI is InChI=1S/C16H26N2O2/c1-15(2,3)14(20)18-9-5-16(6-10-18)11-12(16)13(19)17-7-4-8-17/h12H,4-11H2,1-3H3. The molecule has 0 aromatic heterocycles. The zero-order valence-electron chi connectivity index (χ0n) is 12.9. The molecule has 4 heteroatoms. The summed E-state index contributed by atoms with van der Waals surface area (Å²) in [6.07, 6.45) is 4.25. The molecular formula is C16H26N2O2. The monoisotopic (exact) mass is 278 g/mol. The zero-order valence-corrected chi connectivity index (χ0v) is 12.9. The van der Waals surface area contributed by atoms with Gasteiger partial charge in [0.2, 0.25) is 11.8 Å². The summed E-state index contributed by atoms with van der Waals surface area (Å²) in [5, 5.41) is 0. The summed E-state index contributed by atoms with van der Waals surface area (Å²) in [5.74, 6) is 0.889. The SMILES string of the molecule is CC(C)(C)C(=O)N1CCC2(CC1)CC2C(=O)N1CCC1. The van der Waals surface area contributed by atoms with Crippen molar-refractivity contribution in [1.82, 2.24) is 9.80 Å². The lowest BCUT2D eigenvalue weighted by atomic mass is 9.87. The van der Waals surface area contributed by atoms with Crippen LogP contribution in [0.3, 0.4) is 0 Å². The van der Waals surface area contributed by atoms with Gasteiger partial charge in [0.15, 0.2) is 0 Å². The van der Waals surface area contributed by atoms with Crippen LogP contribution >= 0.6 is 0 Å². The smallest absolute Gasteiger partial charge is 0.227 e. The molecule has 2 aliphatic heterocycles. The summed E-state index contributed by atoms with van der Waals surface area (Å²) in [4.78, 5) is 28.6. The number of amides is 2. The van der Waals surface area contributed by atoms with Crippen molar-refractivity contribution in [2.75, 3.05) is 26.2 Å². The van der Waals surface area contributed by atoms with Crippen LogP contribution in [0.4, 0.5) is 0 Å². The molecule has 3 rings (SSSR count). The third-order valence-electron chi connectivity index (χ3n) is 5.34. The summed E-state index contributed by atoms with van der Waals surface area (Å²) in [5.41, 5.74) is -0.0533. The van der Waals surface area contributed by atoms with Crippen LogP contribution in [0.2, 0.25) is 0 Å². The van der Waals surface area contributed by atoms with Crippen molar-refractivity contribution in [3.63, 3.8) is 0 Å². The number of carbonyl (C=O) groups is 2. The van der Waals surface area contributed by atoms with E-state index in [0.29, 0.717) is 5.91 Å². The van der Waals surface area contributed by atoms with Crippen molar-refractivity contribution in [1.29, 1.82) is 0 Å². The number of nitrogens with zero attached hydrogens (tertiary/aromatic N) is 2. The quantitative estimate of drug-likeness (QED) is 0.735. The van der Waals surface area contributed by atoms with Gasteiger partial charge in [-0.25, -0.2) is 0 Å². The molecule has 0 aromatic carbocycles. The molecule has 3 aliphatic rings. The van der Waals surface area contributed by atoms with Gasteiger partial charge < -0.3 is 9.80 Å². The Kier molecular flexibility index (Phi) is 3.11. The predicted molar refractivity (Wildman–Crippen MR) is 77.0 cm³/mol. The Morgan fingerprint density at radius 3 is 2.05 bits per heavy atom. The van der Waals surface area contributed by atoms with Crippen molar-refractivity contribution in [2.24, 2.45) is 16.7 Å². The third-order valence-corrected chi connectivity index (χ3v) is 5.34. The molecule has 1 atom stereocenters. The van der Waals surface area contributed by atoms with Crippen LogP contribution < -0.4 is 0 Å². The third kappa shape index (κ3) is 2.23. The van der Waals surface area contributed by atoms with E-state index in [1.165, 1.54) is 6.42 Å². The molecule has 4 nitrogen and oxygen atoms in total. The molecule has 20 heavy (non-hydrogen) atoms. The molecule has 0 bridgehead atoms. The zero-order chi connectivity index (χ0) is 14.5. The Morgan fingerprint density at radius 1 is 1.00 bits per heavy atom. The first-order chi connectivity index (χ1) is 9.33. The fourth-order valence-electron chi connectivity index (χ4n) is 3.64. The van der Waals surface area contributed by atoms with Gasteiger partial charge in [0.05, 0.1) is 0 Å². The van der Waals surface area contributed by atoms with Crippen LogP contribution in [0.15, 0.2) is 0 Å². The van der Waals surface area contributed by atoms with Gasteiger partial charge in [-0.1, -0.05) is 20.8 Å². The van der Waals surface area contributed by atoms with Crippen LogP contribution in [0.5, 0.6) is 0 Å². The van der Waals surface area contributed by atoms with E-state index in [1.54, 1.807) is 0 Å². The Balaban J connectivity index is 1.55. The number of piperidine rings is 1. The van der Waals surface area contributed by atoms with Crippen LogP contribution in [-0.4, -0.2) is 47.8 Å². The molecule has 0 aromatic rings. The number of hydrogen-bond donors (Lipinski definition) is 0. The highest BCUT2D eigenvalue weighted by molar-refractivity contribution is 5.84. The van der Waals surface area contributed by atoms with E-state index >= 15 is 0 Å². The van der Waals surface area contributed by atoms with E-state index < -0.39 is 0 Å². The van der Waals surface area contributed by atoms with Crippen LogP contribution in [0.25, 0.3) is 0 Å². The maximum absolute atomic E-state index is 12.3. The summed E-state index contributed by atoms with van der Waals surface area (Å²) in [6, 6.07) is 0. The molecule has 1 spiro atoms. The molecule has 2 saturated heterocycles. The fraction of sp³-hybridized carbons (Fsp3) is 0.875. The second-order valence-electron chi connectivity index (χ2n) is 7.84. The van der Waals surface area contributed by atoms with Crippen molar-refractivity contribution >= 4 is 11.8 Å². The summed E-state index contributed by atoms with van der Waals surface area (Å²) >= 11 is 0. The summed E-state index contributed by atoms with van der Waals surface area (Å²) < 4.78 is 0. The highest BCUT2D eigenvalue weighted by Crippen LogP contribution is 2.60. The van der Waals surface area contributed by atoms with Gasteiger partial charge in [0, 0.05) is 37.5 Å². The van der Waals surface area contributed by atoms with Crippen molar-refractivity contribution in [3.05, 3.63) is 0 Å². The van der Waals surface area contributed by atoms with E-state index in [4.69, 9.17) is 0 Å². The first-order valence-electron chi connectivity index (χ1n) is 7.92. The summed E-state index contributed by atoms with van der Waals surface area (Å²) in [7, 11) is 0. The van der Waals surface area contributed by atoms with E-state index in [1.807, 2.05) is 30.6 Å². The minimum atomic E-state index is -0.291. The molecule has 1 aliphatic carbocycles. The minimum absolute atomic E-state index is 0.237. The van der Waals surface area contributed by atoms with Crippen molar-refractivity contribution < 1.29 is 9.59 Å². The van der Waals surface area contributed by atoms with E-state index in [2.05, 4.69) is 0 Å². The Morgan fingerprint density at radius 2 is 1.60 bits per heavy atom. The topological polar surface area (TPSA) is 40.6 Å². The van der Waals surface area contributed by atoms with Crippen LogP contribution in [0.1, 0.15) is 46.5 Å². The highest BCUT2D eigenvalue weighted by atomic mass is 16.2. The molecule has 3 fully saturated rings. The van der Waals surface area contributed by atoms with Crippen molar-refractivity contribution in [3.8, 4) is 0 Å². The van der Waals surface area contributed by atoms with Crippen LogP contribution in [0, 0.1) is 16.7 Å². The lowest BCUT2D eigenvalue weighted by Gasteiger charge is -2.37. The van der Waals surface area contributed by atoms with Crippen molar-refractivity contribution in [2.45, 2.75) is 46.5 Å². The fourth-order valence-corrected chi connectivity index (χ4v) is 3.64. The number of hydrogen-bond acceptors (Lipinski definition) is 2. The van der Waals surface area contributed by atoms with Gasteiger partial charge in [0.1, 0.15) is 0 Å². The van der Waals surface area contributed by atoms with Gasteiger partial charge in [0.25, 0.3) is 0 Å². The first kappa shape index (κ1) is 13.9. The Labute approximate surface area is 121 Å². The second-order valence-corrected chi connectivity index (χ2v) is 7.84. The van der Waals surface area contributed by atoms with Gasteiger partial charge in [-0.05, 0) is 31.1 Å². The van der Waals surface area contributed by atoms with Gasteiger partial charge in [-0.2, -0.15) is 0 Å². The number of likely N-dealkylation sites (tertiary alicyclic amines) is 2. The molecule has 2 heterocycles. The number of rotatable bonds is 1. The largest absolute Gasteiger partial charge is 0.342 e. The van der Waals surface area contributed by atoms with Gasteiger partial charge in [-0.3, -0.25) is 9.59 Å². The lowest BCUT2D eigenvalue weighted by molar-refractivity contribution is -0.141. The van der Waals surface area contributed by atoms with Gasteiger partial charge >= 0.3 is 0 Å². The molecule has 2 amide bonds. The molecular weight excluding hydrogens is 252 g/mol. The second kappa shape index (κ2) is 4.47. The highest BCUT2D eigenvalue weighted by Gasteiger charge is 2.60. The molecule has 1 saturated carbocycles. The minimum Gasteiger partial charge on any atom is -0.342 e. The van der Waals surface area contributed by atoms with E-state index in [-0.39, 0.29) is 22.7 Å². The average molecular weight is 278 g/mol. The predicted octanol–water partition coefficient (Wildman–Crippen LogP) is 1.89. The molecule has 0 radical (unpaired) electrons.